The molecule has 0 aromatic carbocycles. The van der Waals surface area contributed by atoms with Gasteiger partial charge < -0.3 is 5.73 Å². The number of aromatic nitrogens is 2. The quantitative estimate of drug-likeness (QED) is 0.818. The lowest BCUT2D eigenvalue weighted by atomic mass is 10.0. The van der Waals surface area contributed by atoms with Gasteiger partial charge in [0.1, 0.15) is 6.33 Å². The highest BCUT2D eigenvalue weighted by Crippen LogP contribution is 2.32. The van der Waals surface area contributed by atoms with Gasteiger partial charge in [-0.15, -0.1) is 0 Å². The van der Waals surface area contributed by atoms with Crippen LogP contribution in [0.5, 0.6) is 0 Å². The first-order valence-corrected chi connectivity index (χ1v) is 5.91. The van der Waals surface area contributed by atoms with Crippen molar-refractivity contribution in [1.29, 1.82) is 0 Å². The van der Waals surface area contributed by atoms with Crippen LogP contribution in [0.25, 0.3) is 0 Å². The molecule has 15 heavy (non-hydrogen) atoms. The molecule has 0 aliphatic heterocycles. The van der Waals surface area contributed by atoms with Crippen molar-refractivity contribution in [3.8, 4) is 0 Å². The number of aryl methyl sites for hydroxylation is 1. The molecule has 0 radical (unpaired) electrons. The Morgan fingerprint density at radius 1 is 1.27 bits per heavy atom. The Balaban J connectivity index is 2.04. The second kappa shape index (κ2) is 5.21. The normalized spacial score (nSPS) is 17.1. The molecular weight excluding hydrogens is 186 g/mol. The lowest BCUT2D eigenvalue weighted by Crippen LogP contribution is -2.04. The summed E-state index contributed by atoms with van der Waals surface area (Å²) in [5.74, 6) is 0.685. The van der Waals surface area contributed by atoms with E-state index in [0.717, 1.165) is 25.1 Å². The molecule has 0 spiro atoms. The molecule has 1 aromatic heterocycles. The summed E-state index contributed by atoms with van der Waals surface area (Å²) in [6, 6.07) is 2.17. The zero-order valence-electron chi connectivity index (χ0n) is 9.15. The van der Waals surface area contributed by atoms with Crippen molar-refractivity contribution in [1.82, 2.24) is 9.97 Å². The van der Waals surface area contributed by atoms with E-state index in [4.69, 9.17) is 5.73 Å². The highest BCUT2D eigenvalue weighted by atomic mass is 14.8. The lowest BCUT2D eigenvalue weighted by Gasteiger charge is -2.08. The van der Waals surface area contributed by atoms with Crippen LogP contribution in [0, 0.1) is 0 Å². The van der Waals surface area contributed by atoms with Gasteiger partial charge in [-0.1, -0.05) is 12.8 Å². The summed E-state index contributed by atoms with van der Waals surface area (Å²) in [6.45, 7) is 0.739. The van der Waals surface area contributed by atoms with Crippen LogP contribution < -0.4 is 5.73 Å². The Hall–Kier alpha value is -0.960. The minimum Gasteiger partial charge on any atom is -0.330 e. The zero-order chi connectivity index (χ0) is 10.5. The number of rotatable bonds is 4. The second-order valence-corrected chi connectivity index (χ2v) is 4.31. The Labute approximate surface area is 91.1 Å². The first-order chi connectivity index (χ1) is 7.40. The van der Waals surface area contributed by atoms with E-state index in [1.54, 1.807) is 6.33 Å². The van der Waals surface area contributed by atoms with Crippen LogP contribution in [0.15, 0.2) is 12.4 Å². The molecule has 0 saturated heterocycles. The minimum atomic E-state index is 0.685. The molecule has 0 atom stereocenters. The summed E-state index contributed by atoms with van der Waals surface area (Å²) in [6.07, 6.45) is 9.01. The maximum absolute atomic E-state index is 5.49. The van der Waals surface area contributed by atoms with Gasteiger partial charge in [0.2, 0.25) is 0 Å². The third kappa shape index (κ3) is 2.75. The topological polar surface area (TPSA) is 51.8 Å². The van der Waals surface area contributed by atoms with Gasteiger partial charge in [0.25, 0.3) is 0 Å². The molecule has 0 unspecified atom stereocenters. The van der Waals surface area contributed by atoms with Crippen LogP contribution in [0.3, 0.4) is 0 Å². The van der Waals surface area contributed by atoms with Crippen LogP contribution in [0.4, 0.5) is 0 Å². The first kappa shape index (κ1) is 10.6. The van der Waals surface area contributed by atoms with Gasteiger partial charge in [-0.2, -0.15) is 0 Å². The zero-order valence-corrected chi connectivity index (χ0v) is 9.15. The minimum absolute atomic E-state index is 0.685. The fourth-order valence-corrected chi connectivity index (χ4v) is 2.28. The molecule has 1 aliphatic carbocycles. The first-order valence-electron chi connectivity index (χ1n) is 5.91. The molecule has 3 heteroatoms. The van der Waals surface area contributed by atoms with Crippen LogP contribution in [0.1, 0.15) is 49.4 Å². The standard InChI is InChI=1S/C12H19N3/c13-7-3-6-11-8-12(15-9-14-11)10-4-1-2-5-10/h8-10H,1-7,13H2. The van der Waals surface area contributed by atoms with Gasteiger partial charge in [0.05, 0.1) is 0 Å². The highest BCUT2D eigenvalue weighted by molar-refractivity contribution is 5.13. The molecule has 2 rings (SSSR count). The molecule has 1 saturated carbocycles. The van der Waals surface area contributed by atoms with Crippen molar-refractivity contribution in [2.24, 2.45) is 5.73 Å². The van der Waals surface area contributed by atoms with E-state index in [1.807, 2.05) is 0 Å². The predicted molar refractivity (Wildman–Crippen MR) is 60.6 cm³/mol. The molecule has 1 fully saturated rings. The Morgan fingerprint density at radius 2 is 2.07 bits per heavy atom. The number of hydrogen-bond donors (Lipinski definition) is 1. The smallest absolute Gasteiger partial charge is 0.115 e. The van der Waals surface area contributed by atoms with E-state index in [1.165, 1.54) is 31.4 Å². The van der Waals surface area contributed by atoms with Gasteiger partial charge in [0, 0.05) is 17.3 Å². The SMILES string of the molecule is NCCCc1cc(C2CCCC2)ncn1. The summed E-state index contributed by atoms with van der Waals surface area (Å²) >= 11 is 0. The van der Waals surface area contributed by atoms with Crippen molar-refractivity contribution >= 4 is 0 Å². The van der Waals surface area contributed by atoms with Crippen molar-refractivity contribution in [3.05, 3.63) is 23.8 Å². The highest BCUT2D eigenvalue weighted by Gasteiger charge is 2.18. The average Bonchev–Trinajstić information content (AvgIpc) is 2.80. The van der Waals surface area contributed by atoms with Gasteiger partial charge in [-0.05, 0) is 38.3 Å². The fourth-order valence-electron chi connectivity index (χ4n) is 2.28. The largest absolute Gasteiger partial charge is 0.330 e. The van der Waals surface area contributed by atoms with Crippen molar-refractivity contribution in [2.45, 2.75) is 44.4 Å². The number of hydrogen-bond acceptors (Lipinski definition) is 3. The summed E-state index contributed by atoms with van der Waals surface area (Å²) in [5.41, 5.74) is 7.89. The molecular formula is C12H19N3. The Kier molecular flexibility index (Phi) is 3.67. The molecule has 82 valence electrons. The fraction of sp³-hybridized carbons (Fsp3) is 0.667. The monoisotopic (exact) mass is 205 g/mol. The summed E-state index contributed by atoms with van der Waals surface area (Å²) in [4.78, 5) is 8.67. The Bertz CT molecular complexity index is 305. The maximum Gasteiger partial charge on any atom is 0.115 e. The summed E-state index contributed by atoms with van der Waals surface area (Å²) in [7, 11) is 0. The van der Waals surface area contributed by atoms with Gasteiger partial charge in [0.15, 0.2) is 0 Å². The van der Waals surface area contributed by atoms with E-state index in [2.05, 4.69) is 16.0 Å². The molecule has 1 aliphatic rings. The lowest BCUT2D eigenvalue weighted by molar-refractivity contribution is 0.686. The van der Waals surface area contributed by atoms with Crippen LogP contribution in [0.2, 0.25) is 0 Å². The van der Waals surface area contributed by atoms with Gasteiger partial charge >= 0.3 is 0 Å². The van der Waals surface area contributed by atoms with E-state index in [0.29, 0.717) is 5.92 Å². The van der Waals surface area contributed by atoms with Gasteiger partial charge in [-0.3, -0.25) is 0 Å². The number of nitrogens with zero attached hydrogens (tertiary/aromatic N) is 2. The van der Waals surface area contributed by atoms with Crippen molar-refractivity contribution in [2.75, 3.05) is 6.54 Å². The maximum atomic E-state index is 5.49. The Morgan fingerprint density at radius 3 is 2.80 bits per heavy atom. The molecule has 1 heterocycles. The van der Waals surface area contributed by atoms with Crippen molar-refractivity contribution < 1.29 is 0 Å². The summed E-state index contributed by atoms with van der Waals surface area (Å²) in [5, 5.41) is 0. The molecule has 1 aromatic rings. The molecule has 3 nitrogen and oxygen atoms in total. The predicted octanol–water partition coefficient (Wildman–Crippen LogP) is 2.03. The second-order valence-electron chi connectivity index (χ2n) is 4.31. The van der Waals surface area contributed by atoms with E-state index < -0.39 is 0 Å². The summed E-state index contributed by atoms with van der Waals surface area (Å²) < 4.78 is 0. The van der Waals surface area contributed by atoms with E-state index in [9.17, 15) is 0 Å². The van der Waals surface area contributed by atoms with Gasteiger partial charge in [-0.25, -0.2) is 9.97 Å². The van der Waals surface area contributed by atoms with E-state index >= 15 is 0 Å². The average molecular weight is 205 g/mol. The molecule has 2 N–H and O–H groups in total. The molecule has 0 amide bonds. The number of nitrogens with two attached hydrogens (primary N) is 1. The third-order valence-electron chi connectivity index (χ3n) is 3.16. The third-order valence-corrected chi connectivity index (χ3v) is 3.16. The van der Waals surface area contributed by atoms with Crippen molar-refractivity contribution in [3.63, 3.8) is 0 Å². The van der Waals surface area contributed by atoms with Crippen LogP contribution in [-0.4, -0.2) is 16.5 Å². The molecule has 0 bridgehead atoms. The van der Waals surface area contributed by atoms with Crippen LogP contribution in [-0.2, 0) is 6.42 Å². The van der Waals surface area contributed by atoms with Crippen LogP contribution >= 0.6 is 0 Å². The van der Waals surface area contributed by atoms with E-state index in [-0.39, 0.29) is 0 Å².